The third-order valence-electron chi connectivity index (χ3n) is 3.23. The van der Waals surface area contributed by atoms with E-state index >= 15 is 0 Å². The highest BCUT2D eigenvalue weighted by Gasteiger charge is 2.17. The molecule has 1 amide bonds. The Morgan fingerprint density at radius 3 is 2.64 bits per heavy atom. The molecule has 2 aromatic rings. The van der Waals surface area contributed by atoms with Gasteiger partial charge < -0.3 is 15.8 Å². The molecule has 8 nitrogen and oxygen atoms in total. The van der Waals surface area contributed by atoms with Crippen molar-refractivity contribution in [1.29, 1.82) is 0 Å². The summed E-state index contributed by atoms with van der Waals surface area (Å²) in [5.41, 5.74) is 5.09. The number of nitrogens with one attached hydrogen (secondary N) is 1. The number of amides is 1. The van der Waals surface area contributed by atoms with Gasteiger partial charge in [-0.1, -0.05) is 18.2 Å². The molecule has 2 rings (SSSR count). The van der Waals surface area contributed by atoms with Crippen LogP contribution in [-0.2, 0) is 16.1 Å². The lowest BCUT2D eigenvalue weighted by Gasteiger charge is -2.07. The molecule has 0 radical (unpaired) electrons. The van der Waals surface area contributed by atoms with Gasteiger partial charge in [-0.15, -0.1) is 0 Å². The lowest BCUT2D eigenvalue weighted by atomic mass is 10.2. The summed E-state index contributed by atoms with van der Waals surface area (Å²) in [4.78, 5) is 33.6. The number of halogens is 1. The molecule has 2 aromatic carbocycles. The Kier molecular flexibility index (Phi) is 5.62. The predicted octanol–water partition coefficient (Wildman–Crippen LogP) is 1.79. The molecule has 130 valence electrons. The van der Waals surface area contributed by atoms with Gasteiger partial charge >= 0.3 is 5.97 Å². The minimum Gasteiger partial charge on any atom is -0.452 e. The van der Waals surface area contributed by atoms with Crippen LogP contribution in [-0.4, -0.2) is 23.4 Å². The molecule has 0 saturated heterocycles. The van der Waals surface area contributed by atoms with Crippen LogP contribution in [0.2, 0.25) is 0 Å². The van der Waals surface area contributed by atoms with E-state index in [1.807, 2.05) is 0 Å². The van der Waals surface area contributed by atoms with E-state index in [1.54, 1.807) is 6.07 Å². The van der Waals surface area contributed by atoms with Gasteiger partial charge in [0.1, 0.15) is 11.5 Å². The summed E-state index contributed by atoms with van der Waals surface area (Å²) in [6.45, 7) is -0.665. The molecule has 0 spiro atoms. The maximum absolute atomic E-state index is 13.4. The van der Waals surface area contributed by atoms with Gasteiger partial charge in [0.15, 0.2) is 6.61 Å². The van der Waals surface area contributed by atoms with Gasteiger partial charge in [0.2, 0.25) is 0 Å². The molecule has 0 aliphatic heterocycles. The van der Waals surface area contributed by atoms with Crippen LogP contribution in [0.5, 0.6) is 0 Å². The lowest BCUT2D eigenvalue weighted by molar-refractivity contribution is -0.383. The molecule has 0 aliphatic rings. The van der Waals surface area contributed by atoms with Crippen molar-refractivity contribution in [1.82, 2.24) is 5.32 Å². The Hall–Kier alpha value is -3.49. The molecule has 0 unspecified atom stereocenters. The smallest absolute Gasteiger partial charge is 0.338 e. The van der Waals surface area contributed by atoms with Crippen LogP contribution in [0.4, 0.5) is 15.8 Å². The van der Waals surface area contributed by atoms with Crippen LogP contribution in [0, 0.1) is 15.9 Å². The largest absolute Gasteiger partial charge is 0.452 e. The van der Waals surface area contributed by atoms with Crippen molar-refractivity contribution < 1.29 is 23.6 Å². The third-order valence-corrected chi connectivity index (χ3v) is 3.23. The zero-order valence-electron chi connectivity index (χ0n) is 12.9. The zero-order chi connectivity index (χ0) is 18.4. The van der Waals surface area contributed by atoms with E-state index in [9.17, 15) is 24.1 Å². The number of hydrogen-bond acceptors (Lipinski definition) is 6. The van der Waals surface area contributed by atoms with Gasteiger partial charge in [-0.3, -0.25) is 14.9 Å². The summed E-state index contributed by atoms with van der Waals surface area (Å²) < 4.78 is 18.2. The number of hydrogen-bond donors (Lipinski definition) is 2. The fourth-order valence-corrected chi connectivity index (χ4v) is 1.93. The van der Waals surface area contributed by atoms with Crippen LogP contribution >= 0.6 is 0 Å². The van der Waals surface area contributed by atoms with Gasteiger partial charge in [0, 0.05) is 18.2 Å². The van der Waals surface area contributed by atoms with Crippen LogP contribution in [0.1, 0.15) is 15.9 Å². The summed E-state index contributed by atoms with van der Waals surface area (Å²) in [5, 5.41) is 13.2. The topological polar surface area (TPSA) is 125 Å². The minimum atomic E-state index is -0.913. The number of rotatable bonds is 6. The van der Waals surface area contributed by atoms with E-state index in [0.29, 0.717) is 0 Å². The van der Waals surface area contributed by atoms with E-state index < -0.39 is 34.9 Å². The first-order valence-corrected chi connectivity index (χ1v) is 7.09. The SMILES string of the molecule is Nc1ccc(C(=O)OCC(=O)NCc2ccccc2F)cc1[N+](=O)[O-]. The van der Waals surface area contributed by atoms with Gasteiger partial charge in [-0.25, -0.2) is 9.18 Å². The van der Waals surface area contributed by atoms with Crippen molar-refractivity contribution in [2.75, 3.05) is 12.3 Å². The standard InChI is InChI=1S/C16H14FN3O5/c17-12-4-2-1-3-11(12)8-19-15(21)9-25-16(22)10-5-6-13(18)14(7-10)20(23)24/h1-7H,8-9,18H2,(H,19,21). The molecule has 0 heterocycles. The molecule has 0 fully saturated rings. The fourth-order valence-electron chi connectivity index (χ4n) is 1.93. The lowest BCUT2D eigenvalue weighted by Crippen LogP contribution is -2.28. The number of nitrogens with zero attached hydrogens (tertiary/aromatic N) is 1. The van der Waals surface area contributed by atoms with Crippen molar-refractivity contribution in [3.63, 3.8) is 0 Å². The minimum absolute atomic E-state index is 0.0591. The molecule has 0 aromatic heterocycles. The number of benzene rings is 2. The molecule has 0 atom stereocenters. The second-order valence-corrected chi connectivity index (χ2v) is 4.97. The van der Waals surface area contributed by atoms with Crippen LogP contribution in [0.3, 0.4) is 0 Å². The summed E-state index contributed by atoms with van der Waals surface area (Å²) in [7, 11) is 0. The number of esters is 1. The van der Waals surface area contributed by atoms with Crippen molar-refractivity contribution >= 4 is 23.3 Å². The van der Waals surface area contributed by atoms with Crippen molar-refractivity contribution in [2.24, 2.45) is 0 Å². The molecule has 0 bridgehead atoms. The number of nitro benzene ring substituents is 1. The molecule has 0 saturated carbocycles. The van der Waals surface area contributed by atoms with E-state index in [4.69, 9.17) is 10.5 Å². The first kappa shape index (κ1) is 17.9. The van der Waals surface area contributed by atoms with Crippen molar-refractivity contribution in [3.05, 3.63) is 69.5 Å². The molecule has 0 aliphatic carbocycles. The number of nitro groups is 1. The van der Waals surface area contributed by atoms with E-state index in [2.05, 4.69) is 5.32 Å². The van der Waals surface area contributed by atoms with E-state index in [0.717, 1.165) is 6.07 Å². The van der Waals surface area contributed by atoms with Gasteiger partial charge in [-0.2, -0.15) is 0 Å². The molecule has 9 heteroatoms. The summed E-state index contributed by atoms with van der Waals surface area (Å²) >= 11 is 0. The Balaban J connectivity index is 1.89. The van der Waals surface area contributed by atoms with Crippen molar-refractivity contribution in [2.45, 2.75) is 6.54 Å². The number of carbonyl (C=O) groups excluding carboxylic acids is 2. The number of ether oxygens (including phenoxy) is 1. The van der Waals surface area contributed by atoms with Crippen molar-refractivity contribution in [3.8, 4) is 0 Å². The first-order valence-electron chi connectivity index (χ1n) is 7.09. The maximum atomic E-state index is 13.4. The van der Waals surface area contributed by atoms with E-state index in [1.165, 1.54) is 30.3 Å². The summed E-state index contributed by atoms with van der Waals surface area (Å²) in [6, 6.07) is 9.33. The molecule has 3 N–H and O–H groups in total. The Labute approximate surface area is 141 Å². The maximum Gasteiger partial charge on any atom is 0.338 e. The second kappa shape index (κ2) is 7.86. The fraction of sp³-hybridized carbons (Fsp3) is 0.125. The Morgan fingerprint density at radius 1 is 1.24 bits per heavy atom. The second-order valence-electron chi connectivity index (χ2n) is 4.97. The van der Waals surface area contributed by atoms with Gasteiger partial charge in [-0.05, 0) is 18.2 Å². The predicted molar refractivity (Wildman–Crippen MR) is 86.0 cm³/mol. The number of nitrogen functional groups attached to an aromatic ring is 1. The number of nitrogens with two attached hydrogens (primary N) is 1. The van der Waals surface area contributed by atoms with Gasteiger partial charge in [0.05, 0.1) is 10.5 Å². The highest BCUT2D eigenvalue weighted by molar-refractivity contribution is 5.92. The van der Waals surface area contributed by atoms with Crippen LogP contribution < -0.4 is 11.1 Å². The quantitative estimate of drug-likeness (QED) is 0.355. The number of anilines is 1. The van der Waals surface area contributed by atoms with E-state index in [-0.39, 0.29) is 23.4 Å². The molecular formula is C16H14FN3O5. The summed E-state index contributed by atoms with van der Waals surface area (Å²) in [5.74, 6) is -2.01. The summed E-state index contributed by atoms with van der Waals surface area (Å²) in [6.07, 6.45) is 0. The highest BCUT2D eigenvalue weighted by Crippen LogP contribution is 2.22. The zero-order valence-corrected chi connectivity index (χ0v) is 12.9. The highest BCUT2D eigenvalue weighted by atomic mass is 19.1. The van der Waals surface area contributed by atoms with Gasteiger partial charge in [0.25, 0.3) is 11.6 Å². The monoisotopic (exact) mass is 347 g/mol. The Bertz CT molecular complexity index is 825. The average molecular weight is 347 g/mol. The molecular weight excluding hydrogens is 333 g/mol. The normalized spacial score (nSPS) is 10.1. The third kappa shape index (κ3) is 4.74. The Morgan fingerprint density at radius 2 is 1.96 bits per heavy atom. The first-order chi connectivity index (χ1) is 11.9. The van der Waals surface area contributed by atoms with Crippen LogP contribution in [0.25, 0.3) is 0 Å². The average Bonchev–Trinajstić information content (AvgIpc) is 2.59. The number of carbonyl (C=O) groups is 2. The molecule has 25 heavy (non-hydrogen) atoms. The van der Waals surface area contributed by atoms with Crippen LogP contribution in [0.15, 0.2) is 42.5 Å².